The van der Waals surface area contributed by atoms with Crippen LogP contribution < -0.4 is 9.47 Å². The number of hydrogen-bond donors (Lipinski definition) is 0. The number of methoxy groups -OCH3 is 1. The molecule has 0 aliphatic carbocycles. The van der Waals surface area contributed by atoms with Gasteiger partial charge in [-0.05, 0) is 37.7 Å². The van der Waals surface area contributed by atoms with Crippen LogP contribution in [0.15, 0.2) is 34.9 Å². The van der Waals surface area contributed by atoms with E-state index in [1.165, 1.54) is 19.4 Å². The van der Waals surface area contributed by atoms with Crippen LogP contribution in [-0.4, -0.2) is 38.2 Å². The fourth-order valence-corrected chi connectivity index (χ4v) is 2.48. The minimum absolute atomic E-state index is 0.00716. The van der Waals surface area contributed by atoms with Crippen LogP contribution in [0.4, 0.5) is 8.78 Å². The molecule has 8 heteroatoms. The molecule has 0 fully saturated rings. The average molecular weight is 369 g/mol. The van der Waals surface area contributed by atoms with Gasteiger partial charge < -0.3 is 18.6 Å². The summed E-state index contributed by atoms with van der Waals surface area (Å²) in [6.07, 6.45) is 1.43. The van der Waals surface area contributed by atoms with Crippen molar-refractivity contribution in [2.75, 3.05) is 20.8 Å². The molecule has 0 spiro atoms. The number of rotatable bonds is 9. The monoisotopic (exact) mass is 369 g/mol. The van der Waals surface area contributed by atoms with Crippen molar-refractivity contribution >= 4 is 5.97 Å². The minimum Gasteiger partial charge on any atom is -0.490 e. The van der Waals surface area contributed by atoms with Gasteiger partial charge in [-0.1, -0.05) is 6.07 Å². The first-order chi connectivity index (χ1) is 12.4. The van der Waals surface area contributed by atoms with Crippen LogP contribution in [0.2, 0.25) is 0 Å². The summed E-state index contributed by atoms with van der Waals surface area (Å²) >= 11 is 0. The first kappa shape index (κ1) is 19.7. The van der Waals surface area contributed by atoms with Gasteiger partial charge in [0.25, 0.3) is 0 Å². The highest BCUT2D eigenvalue weighted by Gasteiger charge is 2.17. The average Bonchev–Trinajstić information content (AvgIpc) is 3.04. The SMILES string of the molecule is CCOc1cc(CN(C)Cc2occc2C(=O)OC)ccc1OC(F)F. The Bertz CT molecular complexity index is 732. The summed E-state index contributed by atoms with van der Waals surface area (Å²) in [7, 11) is 3.15. The molecular weight excluding hydrogens is 348 g/mol. The zero-order valence-electron chi connectivity index (χ0n) is 14.8. The Kier molecular flexibility index (Phi) is 6.97. The first-order valence-electron chi connectivity index (χ1n) is 7.98. The summed E-state index contributed by atoms with van der Waals surface area (Å²) in [5.41, 5.74) is 1.21. The van der Waals surface area contributed by atoms with Gasteiger partial charge in [0.15, 0.2) is 11.5 Å². The zero-order valence-corrected chi connectivity index (χ0v) is 14.8. The molecule has 0 amide bonds. The Morgan fingerprint density at radius 3 is 2.65 bits per heavy atom. The lowest BCUT2D eigenvalue weighted by atomic mass is 10.1. The predicted octanol–water partition coefficient (Wildman–Crippen LogP) is 3.70. The van der Waals surface area contributed by atoms with Gasteiger partial charge in [0.2, 0.25) is 0 Å². The van der Waals surface area contributed by atoms with Crippen molar-refractivity contribution in [2.45, 2.75) is 26.6 Å². The predicted molar refractivity (Wildman–Crippen MR) is 89.5 cm³/mol. The van der Waals surface area contributed by atoms with E-state index in [1.54, 1.807) is 25.1 Å². The third-order valence-electron chi connectivity index (χ3n) is 3.54. The third-order valence-corrected chi connectivity index (χ3v) is 3.54. The van der Waals surface area contributed by atoms with E-state index in [9.17, 15) is 13.6 Å². The second-order valence-corrected chi connectivity index (χ2v) is 5.51. The van der Waals surface area contributed by atoms with Crippen LogP contribution in [0.3, 0.4) is 0 Å². The van der Waals surface area contributed by atoms with Crippen molar-refractivity contribution in [3.63, 3.8) is 0 Å². The molecule has 0 saturated carbocycles. The van der Waals surface area contributed by atoms with Gasteiger partial charge in [0.05, 0.1) is 26.5 Å². The van der Waals surface area contributed by atoms with Crippen molar-refractivity contribution in [1.82, 2.24) is 4.90 Å². The Hall–Kier alpha value is -2.61. The summed E-state index contributed by atoms with van der Waals surface area (Å²) in [6, 6.07) is 6.34. The maximum absolute atomic E-state index is 12.5. The molecule has 2 rings (SSSR count). The van der Waals surface area contributed by atoms with Crippen molar-refractivity contribution in [3.8, 4) is 11.5 Å². The van der Waals surface area contributed by atoms with Crippen molar-refractivity contribution in [2.24, 2.45) is 0 Å². The molecular formula is C18H21F2NO5. The molecule has 26 heavy (non-hydrogen) atoms. The van der Waals surface area contributed by atoms with Gasteiger partial charge >= 0.3 is 12.6 Å². The molecule has 0 atom stereocenters. The summed E-state index contributed by atoms with van der Waals surface area (Å²) < 4.78 is 44.8. The van der Waals surface area contributed by atoms with Gasteiger partial charge in [0.1, 0.15) is 11.3 Å². The summed E-state index contributed by atoms with van der Waals surface area (Å²) in [5, 5.41) is 0. The lowest BCUT2D eigenvalue weighted by Gasteiger charge is -2.18. The maximum atomic E-state index is 12.5. The summed E-state index contributed by atoms with van der Waals surface area (Å²) in [5.74, 6) is 0.274. The summed E-state index contributed by atoms with van der Waals surface area (Å²) in [6.45, 7) is 0.0234. The van der Waals surface area contributed by atoms with E-state index in [0.29, 0.717) is 31.0 Å². The number of hydrogen-bond acceptors (Lipinski definition) is 6. The molecule has 1 aromatic heterocycles. The van der Waals surface area contributed by atoms with Gasteiger partial charge in [-0.15, -0.1) is 0 Å². The molecule has 0 aliphatic rings. The van der Waals surface area contributed by atoms with Crippen molar-refractivity contribution in [1.29, 1.82) is 0 Å². The molecule has 6 nitrogen and oxygen atoms in total. The Labute approximate surface area is 150 Å². The van der Waals surface area contributed by atoms with Crippen LogP contribution in [0.5, 0.6) is 11.5 Å². The second-order valence-electron chi connectivity index (χ2n) is 5.51. The quantitative estimate of drug-likeness (QED) is 0.628. The normalized spacial score (nSPS) is 11.0. The summed E-state index contributed by atoms with van der Waals surface area (Å²) in [4.78, 5) is 13.6. The van der Waals surface area contributed by atoms with Crippen molar-refractivity contribution < 1.29 is 32.2 Å². The van der Waals surface area contributed by atoms with E-state index in [1.807, 2.05) is 11.9 Å². The Morgan fingerprint density at radius 2 is 2.00 bits per heavy atom. The van der Waals surface area contributed by atoms with Crippen LogP contribution in [0, 0.1) is 0 Å². The lowest BCUT2D eigenvalue weighted by Crippen LogP contribution is -2.18. The van der Waals surface area contributed by atoms with Crippen LogP contribution in [0.25, 0.3) is 0 Å². The second kappa shape index (κ2) is 9.19. The highest BCUT2D eigenvalue weighted by Crippen LogP contribution is 2.30. The fourth-order valence-electron chi connectivity index (χ4n) is 2.48. The van der Waals surface area contributed by atoms with E-state index in [2.05, 4.69) is 4.74 Å². The number of alkyl halides is 2. The molecule has 0 radical (unpaired) electrons. The van der Waals surface area contributed by atoms with E-state index < -0.39 is 12.6 Å². The number of furan rings is 1. The Balaban J connectivity index is 2.09. The van der Waals surface area contributed by atoms with Crippen LogP contribution >= 0.6 is 0 Å². The van der Waals surface area contributed by atoms with Gasteiger partial charge in [-0.3, -0.25) is 4.90 Å². The van der Waals surface area contributed by atoms with Crippen LogP contribution in [-0.2, 0) is 17.8 Å². The molecule has 1 heterocycles. The maximum Gasteiger partial charge on any atom is 0.387 e. The highest BCUT2D eigenvalue weighted by atomic mass is 19.3. The minimum atomic E-state index is -2.92. The highest BCUT2D eigenvalue weighted by molar-refractivity contribution is 5.90. The van der Waals surface area contributed by atoms with Gasteiger partial charge in [-0.25, -0.2) is 4.79 Å². The molecule has 1 aromatic carbocycles. The van der Waals surface area contributed by atoms with E-state index >= 15 is 0 Å². The van der Waals surface area contributed by atoms with Crippen LogP contribution in [0.1, 0.15) is 28.6 Å². The molecule has 0 saturated heterocycles. The molecule has 0 bridgehead atoms. The largest absolute Gasteiger partial charge is 0.490 e. The molecule has 0 N–H and O–H groups in total. The number of benzene rings is 1. The molecule has 0 unspecified atom stereocenters. The number of ether oxygens (including phenoxy) is 3. The molecule has 142 valence electrons. The van der Waals surface area contributed by atoms with Crippen molar-refractivity contribution in [3.05, 3.63) is 47.4 Å². The standard InChI is InChI=1S/C18H21F2NO5/c1-4-24-15-9-12(5-6-14(15)26-18(19)20)10-21(2)11-16-13(7-8-25-16)17(22)23-3/h5-9,18H,4,10-11H2,1-3H3. The molecule has 0 aliphatic heterocycles. The number of nitrogens with zero attached hydrogens (tertiary/aromatic N) is 1. The number of carbonyl (C=O) groups excluding carboxylic acids is 1. The smallest absolute Gasteiger partial charge is 0.387 e. The topological polar surface area (TPSA) is 61.1 Å². The fraction of sp³-hybridized carbons (Fsp3) is 0.389. The number of carbonyl (C=O) groups is 1. The van der Waals surface area contributed by atoms with E-state index in [0.717, 1.165) is 5.56 Å². The number of halogens is 2. The Morgan fingerprint density at radius 1 is 1.23 bits per heavy atom. The van der Waals surface area contributed by atoms with Gasteiger partial charge in [0, 0.05) is 6.54 Å². The third kappa shape index (κ3) is 5.19. The molecule has 2 aromatic rings. The van der Waals surface area contributed by atoms with Gasteiger partial charge in [-0.2, -0.15) is 8.78 Å². The first-order valence-corrected chi connectivity index (χ1v) is 7.98. The van der Waals surface area contributed by atoms with E-state index in [4.69, 9.17) is 13.9 Å². The van der Waals surface area contributed by atoms with E-state index in [-0.39, 0.29) is 11.5 Å². The lowest BCUT2D eigenvalue weighted by molar-refractivity contribution is -0.0514. The zero-order chi connectivity index (χ0) is 19.1. The number of esters is 1.